The minimum atomic E-state index is -0.870. The molecule has 1 N–H and O–H groups in total. The molecule has 0 unspecified atom stereocenters. The standard InChI is InChI=1S/C11H12N4O2S/c1-2-15-10(8-5-3-4-6-12-8)13-14-11(15)18-7-9(16)17/h3-6H,2,7H2,1H3,(H,16,17). The number of thioether (sulfide) groups is 1. The Morgan fingerprint density at radius 1 is 1.44 bits per heavy atom. The van der Waals surface area contributed by atoms with Gasteiger partial charge in [0.25, 0.3) is 0 Å². The second-order valence-electron chi connectivity index (χ2n) is 3.45. The van der Waals surface area contributed by atoms with E-state index in [1.165, 1.54) is 0 Å². The number of hydrogen-bond acceptors (Lipinski definition) is 5. The van der Waals surface area contributed by atoms with Crippen molar-refractivity contribution in [2.75, 3.05) is 5.75 Å². The average Bonchev–Trinajstić information content (AvgIpc) is 2.80. The van der Waals surface area contributed by atoms with Gasteiger partial charge < -0.3 is 9.67 Å². The molecular weight excluding hydrogens is 252 g/mol. The fourth-order valence-electron chi connectivity index (χ4n) is 1.49. The lowest BCUT2D eigenvalue weighted by Crippen LogP contribution is -2.03. The number of hydrogen-bond donors (Lipinski definition) is 1. The summed E-state index contributed by atoms with van der Waals surface area (Å²) in [5.74, 6) is -0.239. The molecule has 0 radical (unpaired) electrons. The van der Waals surface area contributed by atoms with Gasteiger partial charge in [-0.05, 0) is 19.1 Å². The molecule has 6 nitrogen and oxygen atoms in total. The van der Waals surface area contributed by atoms with Crippen molar-refractivity contribution in [3.05, 3.63) is 24.4 Å². The van der Waals surface area contributed by atoms with E-state index in [2.05, 4.69) is 15.2 Å². The summed E-state index contributed by atoms with van der Waals surface area (Å²) in [7, 11) is 0. The first kappa shape index (κ1) is 12.6. The van der Waals surface area contributed by atoms with Gasteiger partial charge in [-0.3, -0.25) is 9.78 Å². The molecule has 0 saturated carbocycles. The van der Waals surface area contributed by atoms with Crippen molar-refractivity contribution in [1.82, 2.24) is 19.7 Å². The highest BCUT2D eigenvalue weighted by Crippen LogP contribution is 2.22. The molecule has 2 heterocycles. The Kier molecular flexibility index (Phi) is 3.93. The van der Waals surface area contributed by atoms with Crippen LogP contribution in [0.2, 0.25) is 0 Å². The molecule has 2 rings (SSSR count). The van der Waals surface area contributed by atoms with Crippen molar-refractivity contribution >= 4 is 17.7 Å². The number of carboxylic acid groups (broad SMARTS) is 1. The predicted molar refractivity (Wildman–Crippen MR) is 67.3 cm³/mol. The van der Waals surface area contributed by atoms with Crippen LogP contribution in [0.15, 0.2) is 29.6 Å². The molecule has 94 valence electrons. The van der Waals surface area contributed by atoms with Gasteiger partial charge in [-0.1, -0.05) is 17.8 Å². The summed E-state index contributed by atoms with van der Waals surface area (Å²) in [6.07, 6.45) is 1.69. The highest BCUT2D eigenvalue weighted by Gasteiger charge is 2.14. The number of carbonyl (C=O) groups is 1. The molecule has 0 aliphatic rings. The highest BCUT2D eigenvalue weighted by molar-refractivity contribution is 7.99. The Bertz CT molecular complexity index is 541. The molecule has 0 aliphatic heterocycles. The van der Waals surface area contributed by atoms with E-state index in [1.807, 2.05) is 29.7 Å². The summed E-state index contributed by atoms with van der Waals surface area (Å²) >= 11 is 1.16. The fourth-order valence-corrected chi connectivity index (χ4v) is 2.21. The van der Waals surface area contributed by atoms with Gasteiger partial charge in [-0.25, -0.2) is 0 Å². The number of rotatable bonds is 5. The Balaban J connectivity index is 2.30. The molecule has 0 aromatic carbocycles. The first-order valence-electron chi connectivity index (χ1n) is 5.41. The third-order valence-electron chi connectivity index (χ3n) is 2.25. The average molecular weight is 264 g/mol. The molecule has 0 fully saturated rings. The molecule has 0 aliphatic carbocycles. The van der Waals surface area contributed by atoms with Crippen molar-refractivity contribution in [1.29, 1.82) is 0 Å². The van der Waals surface area contributed by atoms with Crippen molar-refractivity contribution in [2.45, 2.75) is 18.6 Å². The van der Waals surface area contributed by atoms with Gasteiger partial charge in [0.15, 0.2) is 11.0 Å². The van der Waals surface area contributed by atoms with Crippen LogP contribution in [0.25, 0.3) is 11.5 Å². The summed E-state index contributed by atoms with van der Waals surface area (Å²) in [4.78, 5) is 14.8. The Hall–Kier alpha value is -1.89. The highest BCUT2D eigenvalue weighted by atomic mass is 32.2. The van der Waals surface area contributed by atoms with E-state index in [4.69, 9.17) is 5.11 Å². The van der Waals surface area contributed by atoms with Gasteiger partial charge in [0, 0.05) is 12.7 Å². The molecular formula is C11H12N4O2S. The smallest absolute Gasteiger partial charge is 0.313 e. The lowest BCUT2D eigenvalue weighted by molar-refractivity contribution is -0.133. The van der Waals surface area contributed by atoms with E-state index in [0.29, 0.717) is 17.5 Å². The summed E-state index contributed by atoms with van der Waals surface area (Å²) in [5, 5.41) is 17.3. The van der Waals surface area contributed by atoms with E-state index in [1.54, 1.807) is 6.20 Å². The normalized spacial score (nSPS) is 10.5. The number of pyridine rings is 1. The third-order valence-corrected chi connectivity index (χ3v) is 3.20. The maximum Gasteiger partial charge on any atom is 0.313 e. The maximum absolute atomic E-state index is 10.6. The van der Waals surface area contributed by atoms with Crippen LogP contribution in [0.4, 0.5) is 0 Å². The number of carboxylic acids is 1. The molecule has 2 aromatic rings. The van der Waals surface area contributed by atoms with Crippen molar-refractivity contribution < 1.29 is 9.90 Å². The van der Waals surface area contributed by atoms with Gasteiger partial charge in [0.2, 0.25) is 0 Å². The van der Waals surface area contributed by atoms with E-state index in [-0.39, 0.29) is 5.75 Å². The lowest BCUT2D eigenvalue weighted by atomic mass is 10.3. The van der Waals surface area contributed by atoms with Crippen LogP contribution in [-0.2, 0) is 11.3 Å². The molecule has 0 atom stereocenters. The summed E-state index contributed by atoms with van der Waals surface area (Å²) in [6.45, 7) is 2.63. The lowest BCUT2D eigenvalue weighted by Gasteiger charge is -2.05. The fraction of sp³-hybridized carbons (Fsp3) is 0.273. The molecule has 0 saturated heterocycles. The topological polar surface area (TPSA) is 80.9 Å². The third kappa shape index (κ3) is 2.67. The molecule has 18 heavy (non-hydrogen) atoms. The molecule has 7 heteroatoms. The Labute approximate surface area is 108 Å². The maximum atomic E-state index is 10.6. The van der Waals surface area contributed by atoms with E-state index < -0.39 is 5.97 Å². The molecule has 0 spiro atoms. The first-order chi connectivity index (χ1) is 8.72. The zero-order chi connectivity index (χ0) is 13.0. The van der Waals surface area contributed by atoms with E-state index in [0.717, 1.165) is 17.5 Å². The van der Waals surface area contributed by atoms with Gasteiger partial charge in [-0.2, -0.15) is 0 Å². The Morgan fingerprint density at radius 2 is 2.28 bits per heavy atom. The monoisotopic (exact) mass is 264 g/mol. The predicted octanol–water partition coefficient (Wildman–Crippen LogP) is 1.54. The van der Waals surface area contributed by atoms with Crippen molar-refractivity contribution in [3.63, 3.8) is 0 Å². The van der Waals surface area contributed by atoms with Crippen LogP contribution < -0.4 is 0 Å². The van der Waals surface area contributed by atoms with Crippen LogP contribution in [0.3, 0.4) is 0 Å². The molecule has 0 amide bonds. The van der Waals surface area contributed by atoms with Crippen molar-refractivity contribution in [2.24, 2.45) is 0 Å². The zero-order valence-corrected chi connectivity index (χ0v) is 10.6. The van der Waals surface area contributed by atoms with Crippen LogP contribution in [0.1, 0.15) is 6.92 Å². The van der Waals surface area contributed by atoms with Crippen LogP contribution in [0.5, 0.6) is 0 Å². The van der Waals surface area contributed by atoms with E-state index in [9.17, 15) is 4.79 Å². The summed E-state index contributed by atoms with van der Waals surface area (Å²) < 4.78 is 1.86. The summed E-state index contributed by atoms with van der Waals surface area (Å²) in [5.41, 5.74) is 0.731. The van der Waals surface area contributed by atoms with Gasteiger partial charge in [0.1, 0.15) is 5.69 Å². The minimum Gasteiger partial charge on any atom is -0.481 e. The minimum absolute atomic E-state index is 0.0274. The zero-order valence-electron chi connectivity index (χ0n) is 9.78. The van der Waals surface area contributed by atoms with Gasteiger partial charge >= 0.3 is 5.97 Å². The van der Waals surface area contributed by atoms with Crippen LogP contribution in [-0.4, -0.2) is 36.6 Å². The van der Waals surface area contributed by atoms with Crippen molar-refractivity contribution in [3.8, 4) is 11.5 Å². The summed E-state index contributed by atoms with van der Waals surface area (Å²) in [6, 6.07) is 5.55. The largest absolute Gasteiger partial charge is 0.481 e. The number of nitrogens with zero attached hydrogens (tertiary/aromatic N) is 4. The van der Waals surface area contributed by atoms with Gasteiger partial charge in [0.05, 0.1) is 5.75 Å². The van der Waals surface area contributed by atoms with Crippen LogP contribution >= 0.6 is 11.8 Å². The Morgan fingerprint density at radius 3 is 2.89 bits per heavy atom. The van der Waals surface area contributed by atoms with Gasteiger partial charge in [-0.15, -0.1) is 10.2 Å². The SMILES string of the molecule is CCn1c(SCC(=O)O)nnc1-c1ccccn1. The molecule has 2 aromatic heterocycles. The number of aliphatic carboxylic acids is 1. The second-order valence-corrected chi connectivity index (χ2v) is 4.39. The quantitative estimate of drug-likeness (QED) is 0.825. The number of aromatic nitrogens is 4. The second kappa shape index (κ2) is 5.63. The van der Waals surface area contributed by atoms with E-state index >= 15 is 0 Å². The first-order valence-corrected chi connectivity index (χ1v) is 6.40. The van der Waals surface area contributed by atoms with Crippen LogP contribution in [0, 0.1) is 0 Å². The molecule has 0 bridgehead atoms.